The Morgan fingerprint density at radius 1 is 1.00 bits per heavy atom. The molecule has 0 bridgehead atoms. The van der Waals surface area contributed by atoms with E-state index in [0.717, 1.165) is 23.3 Å². The van der Waals surface area contributed by atoms with Gasteiger partial charge in [0.2, 0.25) is 0 Å². The highest BCUT2D eigenvalue weighted by molar-refractivity contribution is 5.65. The molecule has 0 spiro atoms. The van der Waals surface area contributed by atoms with Crippen LogP contribution in [-0.2, 0) is 0 Å². The fraction of sp³-hybridized carbons (Fsp3) is 0.0667. The standard InChI is InChI=1S/C15H12F2N4/c1-8-2-3-10(7-13(8)18)15-19-14(20-21-15)9-4-5-11(16)12(17)6-9/h2-7H,18H2,1H3,(H,19,20,21). The highest BCUT2D eigenvalue weighted by Gasteiger charge is 2.11. The van der Waals surface area contributed by atoms with Crippen LogP contribution in [0.3, 0.4) is 0 Å². The van der Waals surface area contributed by atoms with Gasteiger partial charge in [-0.1, -0.05) is 12.1 Å². The fourth-order valence-corrected chi connectivity index (χ4v) is 1.94. The number of H-pyrrole nitrogens is 1. The molecule has 0 fully saturated rings. The van der Waals surface area contributed by atoms with Crippen molar-refractivity contribution in [1.29, 1.82) is 0 Å². The van der Waals surface area contributed by atoms with Gasteiger partial charge in [-0.05, 0) is 36.8 Å². The van der Waals surface area contributed by atoms with Gasteiger partial charge in [-0.3, -0.25) is 5.10 Å². The molecule has 1 aromatic heterocycles. The normalized spacial score (nSPS) is 10.8. The van der Waals surface area contributed by atoms with Crippen LogP contribution in [0.25, 0.3) is 22.8 Å². The first kappa shape index (κ1) is 13.2. The third kappa shape index (κ3) is 2.47. The molecule has 0 aliphatic carbocycles. The first-order valence-electron chi connectivity index (χ1n) is 6.29. The van der Waals surface area contributed by atoms with E-state index in [-0.39, 0.29) is 0 Å². The van der Waals surface area contributed by atoms with E-state index in [0.29, 0.717) is 22.9 Å². The zero-order chi connectivity index (χ0) is 15.0. The summed E-state index contributed by atoms with van der Waals surface area (Å²) < 4.78 is 26.2. The number of aromatic nitrogens is 3. The third-order valence-electron chi connectivity index (χ3n) is 3.22. The Kier molecular flexibility index (Phi) is 3.13. The van der Waals surface area contributed by atoms with E-state index in [1.54, 1.807) is 6.07 Å². The Bertz CT molecular complexity index is 745. The molecule has 0 saturated heterocycles. The Labute approximate surface area is 119 Å². The number of anilines is 1. The molecule has 0 radical (unpaired) electrons. The summed E-state index contributed by atoms with van der Waals surface area (Å²) in [5.41, 5.74) is 8.66. The largest absolute Gasteiger partial charge is 0.398 e. The van der Waals surface area contributed by atoms with Crippen molar-refractivity contribution in [2.24, 2.45) is 0 Å². The Morgan fingerprint density at radius 3 is 2.48 bits per heavy atom. The summed E-state index contributed by atoms with van der Waals surface area (Å²) in [5, 5.41) is 6.79. The number of nitrogens with one attached hydrogen (secondary N) is 1. The highest BCUT2D eigenvalue weighted by atomic mass is 19.2. The van der Waals surface area contributed by atoms with Gasteiger partial charge in [-0.25, -0.2) is 13.8 Å². The smallest absolute Gasteiger partial charge is 0.181 e. The number of hydrogen-bond acceptors (Lipinski definition) is 3. The number of nitrogen functional groups attached to an aromatic ring is 1. The van der Waals surface area contributed by atoms with Crippen LogP contribution < -0.4 is 5.73 Å². The lowest BCUT2D eigenvalue weighted by molar-refractivity contribution is 0.509. The summed E-state index contributed by atoms with van der Waals surface area (Å²) in [5.74, 6) is -1.02. The van der Waals surface area contributed by atoms with Crippen molar-refractivity contribution in [2.75, 3.05) is 5.73 Å². The molecule has 0 unspecified atom stereocenters. The predicted molar refractivity (Wildman–Crippen MR) is 76.3 cm³/mol. The maximum absolute atomic E-state index is 13.2. The van der Waals surface area contributed by atoms with E-state index in [1.165, 1.54) is 6.07 Å². The van der Waals surface area contributed by atoms with E-state index in [4.69, 9.17) is 5.73 Å². The molecule has 21 heavy (non-hydrogen) atoms. The fourth-order valence-electron chi connectivity index (χ4n) is 1.94. The molecule has 3 rings (SSSR count). The molecular formula is C15H12F2N4. The lowest BCUT2D eigenvalue weighted by atomic mass is 10.1. The Hall–Kier alpha value is -2.76. The number of nitrogens with two attached hydrogens (primary N) is 1. The van der Waals surface area contributed by atoms with Gasteiger partial charge in [0, 0.05) is 16.8 Å². The van der Waals surface area contributed by atoms with Gasteiger partial charge >= 0.3 is 0 Å². The summed E-state index contributed by atoms with van der Waals surface area (Å²) in [4.78, 5) is 4.28. The molecule has 0 aliphatic heterocycles. The molecule has 6 heteroatoms. The summed E-state index contributed by atoms with van der Waals surface area (Å²) in [6.07, 6.45) is 0. The van der Waals surface area contributed by atoms with Crippen LogP contribution in [0.15, 0.2) is 36.4 Å². The van der Waals surface area contributed by atoms with Crippen molar-refractivity contribution in [1.82, 2.24) is 15.2 Å². The number of aryl methyl sites for hydroxylation is 1. The van der Waals surface area contributed by atoms with E-state index >= 15 is 0 Å². The minimum absolute atomic E-state index is 0.294. The van der Waals surface area contributed by atoms with E-state index in [1.807, 2.05) is 19.1 Å². The third-order valence-corrected chi connectivity index (χ3v) is 3.22. The van der Waals surface area contributed by atoms with E-state index in [2.05, 4.69) is 15.2 Å². The molecule has 0 atom stereocenters. The number of rotatable bonds is 2. The zero-order valence-electron chi connectivity index (χ0n) is 11.2. The molecule has 4 nitrogen and oxygen atoms in total. The van der Waals surface area contributed by atoms with Crippen molar-refractivity contribution in [2.45, 2.75) is 6.92 Å². The number of halogens is 2. The summed E-state index contributed by atoms with van der Waals surface area (Å²) in [6.45, 7) is 1.91. The monoisotopic (exact) mass is 286 g/mol. The molecule has 3 N–H and O–H groups in total. The molecule has 0 saturated carbocycles. The van der Waals surface area contributed by atoms with E-state index in [9.17, 15) is 8.78 Å². The first-order chi connectivity index (χ1) is 10.0. The predicted octanol–water partition coefficient (Wildman–Crippen LogP) is 3.31. The SMILES string of the molecule is Cc1ccc(-c2nc(-c3ccc(F)c(F)c3)n[nH]2)cc1N. The van der Waals surface area contributed by atoms with Gasteiger partial charge in [-0.15, -0.1) is 0 Å². The van der Waals surface area contributed by atoms with Gasteiger partial charge in [0.05, 0.1) is 0 Å². The van der Waals surface area contributed by atoms with Gasteiger partial charge in [-0.2, -0.15) is 5.10 Å². The Balaban J connectivity index is 1.99. The number of aromatic amines is 1. The van der Waals surface area contributed by atoms with Crippen molar-refractivity contribution >= 4 is 5.69 Å². The van der Waals surface area contributed by atoms with Crippen LogP contribution in [0, 0.1) is 18.6 Å². The van der Waals surface area contributed by atoms with Crippen molar-refractivity contribution < 1.29 is 8.78 Å². The maximum Gasteiger partial charge on any atom is 0.181 e. The number of nitrogens with zero attached hydrogens (tertiary/aromatic N) is 2. The summed E-state index contributed by atoms with van der Waals surface area (Å²) in [7, 11) is 0. The second-order valence-corrected chi connectivity index (χ2v) is 4.71. The van der Waals surface area contributed by atoms with Crippen LogP contribution in [0.2, 0.25) is 0 Å². The molecular weight excluding hydrogens is 274 g/mol. The van der Waals surface area contributed by atoms with Gasteiger partial charge in [0.25, 0.3) is 0 Å². The zero-order valence-corrected chi connectivity index (χ0v) is 11.2. The molecule has 0 aliphatic rings. The molecule has 0 amide bonds. The van der Waals surface area contributed by atoms with Crippen LogP contribution in [-0.4, -0.2) is 15.2 Å². The Morgan fingerprint density at radius 2 is 1.76 bits per heavy atom. The van der Waals surface area contributed by atoms with E-state index < -0.39 is 11.6 Å². The first-order valence-corrected chi connectivity index (χ1v) is 6.29. The van der Waals surface area contributed by atoms with Crippen LogP contribution >= 0.6 is 0 Å². The van der Waals surface area contributed by atoms with Crippen LogP contribution in [0.1, 0.15) is 5.56 Å². The second-order valence-electron chi connectivity index (χ2n) is 4.71. The molecule has 1 heterocycles. The topological polar surface area (TPSA) is 67.6 Å². The summed E-state index contributed by atoms with van der Waals surface area (Å²) >= 11 is 0. The van der Waals surface area contributed by atoms with Gasteiger partial charge in [0.15, 0.2) is 23.3 Å². The quantitative estimate of drug-likeness (QED) is 0.710. The second kappa shape index (κ2) is 4.97. The van der Waals surface area contributed by atoms with Crippen LogP contribution in [0.5, 0.6) is 0 Å². The average molecular weight is 286 g/mol. The van der Waals surface area contributed by atoms with Crippen molar-refractivity contribution in [3.63, 3.8) is 0 Å². The highest BCUT2D eigenvalue weighted by Crippen LogP contribution is 2.24. The van der Waals surface area contributed by atoms with Crippen molar-refractivity contribution in [3.05, 3.63) is 53.6 Å². The molecule has 2 aromatic carbocycles. The average Bonchev–Trinajstić information content (AvgIpc) is 2.94. The van der Waals surface area contributed by atoms with Crippen molar-refractivity contribution in [3.8, 4) is 22.8 Å². The van der Waals surface area contributed by atoms with Gasteiger partial charge < -0.3 is 5.73 Å². The lowest BCUT2D eigenvalue weighted by Gasteiger charge is -2.01. The lowest BCUT2D eigenvalue weighted by Crippen LogP contribution is -1.90. The van der Waals surface area contributed by atoms with Crippen LogP contribution in [0.4, 0.5) is 14.5 Å². The minimum atomic E-state index is -0.932. The van der Waals surface area contributed by atoms with Gasteiger partial charge in [0.1, 0.15) is 0 Å². The minimum Gasteiger partial charge on any atom is -0.398 e. The number of benzene rings is 2. The maximum atomic E-state index is 13.2. The summed E-state index contributed by atoms with van der Waals surface area (Å²) in [6, 6.07) is 9.06. The molecule has 3 aromatic rings. The number of hydrogen-bond donors (Lipinski definition) is 2. The molecule has 106 valence electrons.